The average molecular weight is 338 g/mol. The van der Waals surface area contributed by atoms with E-state index in [1.54, 1.807) is 6.92 Å². The summed E-state index contributed by atoms with van der Waals surface area (Å²) in [5, 5.41) is 23.4. The van der Waals surface area contributed by atoms with Crippen LogP contribution in [-0.2, 0) is 9.53 Å². The summed E-state index contributed by atoms with van der Waals surface area (Å²) < 4.78 is 4.99. The van der Waals surface area contributed by atoms with E-state index in [-0.39, 0.29) is 17.2 Å². The van der Waals surface area contributed by atoms with E-state index in [0.29, 0.717) is 0 Å². The van der Waals surface area contributed by atoms with Crippen LogP contribution in [0, 0.1) is 17.2 Å². The van der Waals surface area contributed by atoms with Gasteiger partial charge in [-0.2, -0.15) is 5.26 Å². The Morgan fingerprint density at radius 2 is 1.96 bits per heavy atom. The van der Waals surface area contributed by atoms with E-state index >= 15 is 0 Å². The number of aromatic hydroxyl groups is 1. The summed E-state index contributed by atoms with van der Waals surface area (Å²) in [5.74, 6) is -1.39. The molecule has 1 atom stereocenters. The van der Waals surface area contributed by atoms with Crippen molar-refractivity contribution >= 4 is 22.6 Å². The SMILES string of the molecule is C[C@@](C#N)(NC(=O)COC(=O)c1cc2ccccc2cc1O)C1CC1. The van der Waals surface area contributed by atoms with Gasteiger partial charge < -0.3 is 15.2 Å². The number of nitrogens with one attached hydrogen (secondary N) is 1. The molecular weight excluding hydrogens is 320 g/mol. The zero-order valence-corrected chi connectivity index (χ0v) is 13.8. The maximum Gasteiger partial charge on any atom is 0.342 e. The molecular formula is C19H18N2O4. The van der Waals surface area contributed by atoms with Gasteiger partial charge in [0.15, 0.2) is 6.61 Å². The van der Waals surface area contributed by atoms with Crippen LogP contribution in [0.1, 0.15) is 30.1 Å². The number of hydrogen-bond donors (Lipinski definition) is 2. The summed E-state index contributed by atoms with van der Waals surface area (Å²) in [4.78, 5) is 24.1. The molecule has 3 rings (SSSR count). The minimum atomic E-state index is -0.936. The topological polar surface area (TPSA) is 99.4 Å². The highest BCUT2D eigenvalue weighted by molar-refractivity contribution is 5.99. The second kappa shape index (κ2) is 6.44. The van der Waals surface area contributed by atoms with E-state index in [9.17, 15) is 20.0 Å². The second-order valence-corrected chi connectivity index (χ2v) is 6.43. The Kier molecular flexibility index (Phi) is 4.32. The number of rotatable bonds is 5. The lowest BCUT2D eigenvalue weighted by Crippen LogP contribution is -2.48. The van der Waals surface area contributed by atoms with Crippen LogP contribution < -0.4 is 5.32 Å². The lowest BCUT2D eigenvalue weighted by Gasteiger charge is -2.22. The van der Waals surface area contributed by atoms with Crippen molar-refractivity contribution in [1.82, 2.24) is 5.32 Å². The Labute approximate surface area is 145 Å². The van der Waals surface area contributed by atoms with E-state index in [1.807, 2.05) is 24.3 Å². The molecule has 1 amide bonds. The molecule has 1 aliphatic rings. The number of phenolic OH excluding ortho intramolecular Hbond substituents is 1. The first kappa shape index (κ1) is 16.8. The third-order valence-electron chi connectivity index (χ3n) is 4.44. The van der Waals surface area contributed by atoms with Crippen molar-refractivity contribution in [2.24, 2.45) is 5.92 Å². The molecule has 0 bridgehead atoms. The Morgan fingerprint density at radius 3 is 2.56 bits per heavy atom. The molecule has 6 heteroatoms. The molecule has 1 aliphatic carbocycles. The van der Waals surface area contributed by atoms with Crippen molar-refractivity contribution < 1.29 is 19.4 Å². The lowest BCUT2D eigenvalue weighted by atomic mass is 9.98. The maximum absolute atomic E-state index is 12.2. The molecule has 6 nitrogen and oxygen atoms in total. The van der Waals surface area contributed by atoms with Gasteiger partial charge in [-0.3, -0.25) is 4.79 Å². The molecule has 0 aromatic heterocycles. The highest BCUT2D eigenvalue weighted by Crippen LogP contribution is 2.39. The predicted octanol–water partition coefficient (Wildman–Crippen LogP) is 2.51. The molecule has 0 heterocycles. The van der Waals surface area contributed by atoms with Crippen LogP contribution in [0.2, 0.25) is 0 Å². The van der Waals surface area contributed by atoms with Gasteiger partial charge in [0.05, 0.1) is 6.07 Å². The highest BCUT2D eigenvalue weighted by atomic mass is 16.5. The zero-order chi connectivity index (χ0) is 18.0. The summed E-state index contributed by atoms with van der Waals surface area (Å²) in [5.41, 5.74) is -0.939. The van der Waals surface area contributed by atoms with Gasteiger partial charge in [-0.05, 0) is 48.6 Å². The van der Waals surface area contributed by atoms with Gasteiger partial charge in [0, 0.05) is 0 Å². The normalized spacial score (nSPS) is 15.8. The van der Waals surface area contributed by atoms with E-state index in [4.69, 9.17) is 4.74 Å². The number of amides is 1. The van der Waals surface area contributed by atoms with Crippen molar-refractivity contribution in [3.63, 3.8) is 0 Å². The van der Waals surface area contributed by atoms with Crippen molar-refractivity contribution in [3.05, 3.63) is 42.0 Å². The molecule has 2 aromatic carbocycles. The first-order valence-electron chi connectivity index (χ1n) is 8.04. The van der Waals surface area contributed by atoms with Gasteiger partial charge in [0.2, 0.25) is 0 Å². The number of carbonyl (C=O) groups is 2. The molecule has 1 fully saturated rings. The average Bonchev–Trinajstić information content (AvgIpc) is 3.44. The van der Waals surface area contributed by atoms with Gasteiger partial charge in [0.1, 0.15) is 16.9 Å². The minimum absolute atomic E-state index is 0.00302. The maximum atomic E-state index is 12.2. The van der Waals surface area contributed by atoms with Crippen molar-refractivity contribution in [2.45, 2.75) is 25.3 Å². The Morgan fingerprint density at radius 1 is 1.32 bits per heavy atom. The number of nitriles is 1. The van der Waals surface area contributed by atoms with E-state index < -0.39 is 24.0 Å². The molecule has 0 spiro atoms. The minimum Gasteiger partial charge on any atom is -0.507 e. The number of nitrogens with zero attached hydrogens (tertiary/aromatic N) is 1. The summed E-state index contributed by atoms with van der Waals surface area (Å²) in [6.07, 6.45) is 1.80. The molecule has 2 aromatic rings. The Balaban J connectivity index is 1.65. The van der Waals surface area contributed by atoms with Crippen LogP contribution in [0.15, 0.2) is 36.4 Å². The number of hydrogen-bond acceptors (Lipinski definition) is 5. The van der Waals surface area contributed by atoms with E-state index in [2.05, 4.69) is 11.4 Å². The molecule has 25 heavy (non-hydrogen) atoms. The van der Waals surface area contributed by atoms with Crippen LogP contribution in [0.25, 0.3) is 10.8 Å². The fraction of sp³-hybridized carbons (Fsp3) is 0.316. The Hall–Kier alpha value is -3.07. The number of fused-ring (bicyclic) bond motifs is 1. The molecule has 0 saturated heterocycles. The molecule has 128 valence electrons. The largest absolute Gasteiger partial charge is 0.507 e. The standard InChI is InChI=1S/C19H18N2O4/c1-19(11-20,14-6-7-14)21-17(23)10-25-18(24)15-8-12-4-2-3-5-13(12)9-16(15)22/h2-5,8-9,14,22H,6-7,10H2,1H3,(H,21,23)/t19-/m0/s1. The zero-order valence-electron chi connectivity index (χ0n) is 13.8. The Bertz CT molecular complexity index is 883. The number of ether oxygens (including phenoxy) is 1. The predicted molar refractivity (Wildman–Crippen MR) is 90.8 cm³/mol. The second-order valence-electron chi connectivity index (χ2n) is 6.43. The van der Waals surface area contributed by atoms with Crippen LogP contribution in [0.5, 0.6) is 5.75 Å². The van der Waals surface area contributed by atoms with Crippen LogP contribution in [0.4, 0.5) is 0 Å². The van der Waals surface area contributed by atoms with Crippen LogP contribution >= 0.6 is 0 Å². The third-order valence-corrected chi connectivity index (χ3v) is 4.44. The first-order chi connectivity index (χ1) is 11.9. The molecule has 2 N–H and O–H groups in total. The number of benzene rings is 2. The first-order valence-corrected chi connectivity index (χ1v) is 8.04. The monoisotopic (exact) mass is 338 g/mol. The van der Waals surface area contributed by atoms with E-state index in [1.165, 1.54) is 12.1 Å². The van der Waals surface area contributed by atoms with Gasteiger partial charge in [-0.1, -0.05) is 24.3 Å². The quantitative estimate of drug-likeness (QED) is 0.816. The van der Waals surface area contributed by atoms with E-state index in [0.717, 1.165) is 23.6 Å². The number of phenols is 1. The summed E-state index contributed by atoms with van der Waals surface area (Å²) >= 11 is 0. The third kappa shape index (κ3) is 3.56. The lowest BCUT2D eigenvalue weighted by molar-refractivity contribution is -0.125. The summed E-state index contributed by atoms with van der Waals surface area (Å²) in [6.45, 7) is 1.16. The van der Waals surface area contributed by atoms with Crippen LogP contribution in [0.3, 0.4) is 0 Å². The molecule has 0 radical (unpaired) electrons. The molecule has 0 aliphatic heterocycles. The van der Waals surface area contributed by atoms with Crippen molar-refractivity contribution in [2.75, 3.05) is 6.61 Å². The fourth-order valence-electron chi connectivity index (χ4n) is 2.81. The van der Waals surface area contributed by atoms with Crippen LogP contribution in [-0.4, -0.2) is 29.1 Å². The smallest absolute Gasteiger partial charge is 0.342 e. The van der Waals surface area contributed by atoms with Gasteiger partial charge in [0.25, 0.3) is 5.91 Å². The van der Waals surface area contributed by atoms with Crippen molar-refractivity contribution in [1.29, 1.82) is 5.26 Å². The van der Waals surface area contributed by atoms with Crippen molar-refractivity contribution in [3.8, 4) is 11.8 Å². The summed E-state index contributed by atoms with van der Waals surface area (Å²) in [7, 11) is 0. The van der Waals surface area contributed by atoms with Gasteiger partial charge >= 0.3 is 5.97 Å². The van der Waals surface area contributed by atoms with Gasteiger partial charge in [-0.25, -0.2) is 4.79 Å². The van der Waals surface area contributed by atoms with Gasteiger partial charge in [-0.15, -0.1) is 0 Å². The molecule has 1 saturated carbocycles. The fourth-order valence-corrected chi connectivity index (χ4v) is 2.81. The number of esters is 1. The molecule has 0 unspecified atom stereocenters. The summed E-state index contributed by atoms with van der Waals surface area (Å²) in [6, 6.07) is 12.4. The highest BCUT2D eigenvalue weighted by Gasteiger charge is 2.43. The number of carbonyl (C=O) groups excluding carboxylic acids is 2.